The summed E-state index contributed by atoms with van der Waals surface area (Å²) in [6, 6.07) is 17.5. The van der Waals surface area contributed by atoms with Crippen LogP contribution in [0.1, 0.15) is 16.7 Å². The summed E-state index contributed by atoms with van der Waals surface area (Å²) in [4.78, 5) is 4.46. The molecule has 0 bridgehead atoms. The lowest BCUT2D eigenvalue weighted by Gasteiger charge is -2.16. The number of aromatic nitrogens is 1. The third-order valence-corrected chi connectivity index (χ3v) is 4.39. The minimum atomic E-state index is -0.729. The Morgan fingerprint density at radius 2 is 1.75 bits per heavy atom. The Morgan fingerprint density at radius 3 is 2.50 bits per heavy atom. The fourth-order valence-electron chi connectivity index (χ4n) is 2.20. The second-order valence-corrected chi connectivity index (χ2v) is 5.88. The molecule has 0 spiro atoms. The molecule has 20 heavy (non-hydrogen) atoms. The highest BCUT2D eigenvalue weighted by Crippen LogP contribution is 2.28. The van der Waals surface area contributed by atoms with Crippen LogP contribution >= 0.6 is 11.3 Å². The van der Waals surface area contributed by atoms with Crippen LogP contribution in [-0.4, -0.2) is 16.1 Å². The molecule has 102 valence electrons. The van der Waals surface area contributed by atoms with Crippen molar-refractivity contribution in [2.75, 3.05) is 0 Å². The van der Waals surface area contributed by atoms with E-state index >= 15 is 0 Å². The third-order valence-electron chi connectivity index (χ3n) is 3.28. The van der Waals surface area contributed by atoms with Gasteiger partial charge < -0.3 is 10.8 Å². The summed E-state index contributed by atoms with van der Waals surface area (Å²) in [5, 5.41) is 11.1. The summed E-state index contributed by atoms with van der Waals surface area (Å²) >= 11 is 1.50. The van der Waals surface area contributed by atoms with Gasteiger partial charge in [0.05, 0.1) is 10.2 Å². The highest BCUT2D eigenvalue weighted by Gasteiger charge is 2.21. The number of thiazole rings is 1. The highest BCUT2D eigenvalue weighted by atomic mass is 32.1. The summed E-state index contributed by atoms with van der Waals surface area (Å²) in [6.07, 6.45) is -0.0922. The van der Waals surface area contributed by atoms with E-state index in [1.165, 1.54) is 11.3 Å². The number of aliphatic hydroxyl groups is 1. The number of para-hydroxylation sites is 1. The average molecular weight is 284 g/mol. The number of hydrogen-bond acceptors (Lipinski definition) is 4. The number of nitrogens with zero attached hydrogens (tertiary/aromatic N) is 1. The van der Waals surface area contributed by atoms with Crippen LogP contribution in [0.25, 0.3) is 10.2 Å². The van der Waals surface area contributed by atoms with E-state index in [2.05, 4.69) is 4.98 Å². The zero-order valence-corrected chi connectivity index (χ0v) is 11.8. The summed E-state index contributed by atoms with van der Waals surface area (Å²) in [6.45, 7) is 0. The zero-order valence-electron chi connectivity index (χ0n) is 10.9. The molecule has 0 saturated heterocycles. The molecule has 0 amide bonds. The Hall–Kier alpha value is -1.75. The SMILES string of the molecule is NC(Cc1ccccc1)C(O)c1nc2ccccc2s1. The topological polar surface area (TPSA) is 59.1 Å². The van der Waals surface area contributed by atoms with Crippen molar-refractivity contribution >= 4 is 21.6 Å². The molecule has 1 aromatic heterocycles. The molecule has 0 saturated carbocycles. The Labute approximate surface area is 121 Å². The van der Waals surface area contributed by atoms with Gasteiger partial charge in [-0.3, -0.25) is 0 Å². The summed E-state index contributed by atoms with van der Waals surface area (Å²) in [7, 11) is 0. The van der Waals surface area contributed by atoms with Gasteiger partial charge >= 0.3 is 0 Å². The molecule has 0 aliphatic heterocycles. The lowest BCUT2D eigenvalue weighted by atomic mass is 10.0. The van der Waals surface area contributed by atoms with Gasteiger partial charge in [0.25, 0.3) is 0 Å². The predicted octanol–water partition coefficient (Wildman–Crippen LogP) is 2.90. The molecule has 0 radical (unpaired) electrons. The van der Waals surface area contributed by atoms with Crippen LogP contribution < -0.4 is 5.73 Å². The van der Waals surface area contributed by atoms with Crippen LogP contribution in [0.15, 0.2) is 54.6 Å². The molecule has 3 aromatic rings. The van der Waals surface area contributed by atoms with E-state index in [0.717, 1.165) is 15.8 Å². The van der Waals surface area contributed by atoms with Crippen molar-refractivity contribution in [2.45, 2.75) is 18.6 Å². The predicted molar refractivity (Wildman–Crippen MR) is 82.7 cm³/mol. The van der Waals surface area contributed by atoms with Crippen molar-refractivity contribution in [1.29, 1.82) is 0 Å². The van der Waals surface area contributed by atoms with E-state index in [1.807, 2.05) is 54.6 Å². The third kappa shape index (κ3) is 2.72. The second kappa shape index (κ2) is 5.71. The highest BCUT2D eigenvalue weighted by molar-refractivity contribution is 7.18. The molecule has 2 aromatic carbocycles. The minimum Gasteiger partial charge on any atom is -0.384 e. The number of fused-ring (bicyclic) bond motifs is 1. The van der Waals surface area contributed by atoms with Crippen molar-refractivity contribution < 1.29 is 5.11 Å². The van der Waals surface area contributed by atoms with Crippen LogP contribution in [-0.2, 0) is 6.42 Å². The van der Waals surface area contributed by atoms with E-state index in [-0.39, 0.29) is 6.04 Å². The van der Waals surface area contributed by atoms with Crippen molar-refractivity contribution in [3.63, 3.8) is 0 Å². The lowest BCUT2D eigenvalue weighted by Crippen LogP contribution is -2.30. The zero-order chi connectivity index (χ0) is 13.9. The first-order valence-electron chi connectivity index (χ1n) is 6.57. The monoisotopic (exact) mass is 284 g/mol. The maximum absolute atomic E-state index is 10.4. The van der Waals surface area contributed by atoms with E-state index in [1.54, 1.807) is 0 Å². The molecule has 0 fully saturated rings. The Balaban J connectivity index is 1.79. The van der Waals surface area contributed by atoms with Gasteiger partial charge in [-0.15, -0.1) is 11.3 Å². The Morgan fingerprint density at radius 1 is 1.05 bits per heavy atom. The quantitative estimate of drug-likeness (QED) is 0.774. The lowest BCUT2D eigenvalue weighted by molar-refractivity contribution is 0.146. The molecule has 3 rings (SSSR count). The van der Waals surface area contributed by atoms with Crippen LogP contribution in [0, 0.1) is 0 Å². The van der Waals surface area contributed by atoms with Gasteiger partial charge in [0.1, 0.15) is 11.1 Å². The second-order valence-electron chi connectivity index (χ2n) is 4.82. The summed E-state index contributed by atoms with van der Waals surface area (Å²) < 4.78 is 1.08. The normalized spacial score (nSPS) is 14.3. The first-order chi connectivity index (χ1) is 9.74. The fraction of sp³-hybridized carbons (Fsp3) is 0.188. The molecule has 4 heteroatoms. The molecule has 2 atom stereocenters. The molecule has 2 unspecified atom stereocenters. The number of nitrogens with two attached hydrogens (primary N) is 1. The van der Waals surface area contributed by atoms with E-state index in [4.69, 9.17) is 5.73 Å². The first-order valence-corrected chi connectivity index (χ1v) is 7.39. The first kappa shape index (κ1) is 13.2. The van der Waals surface area contributed by atoms with E-state index < -0.39 is 6.10 Å². The molecule has 0 aliphatic carbocycles. The van der Waals surface area contributed by atoms with Gasteiger partial charge in [0, 0.05) is 6.04 Å². The average Bonchev–Trinajstić information content (AvgIpc) is 2.91. The van der Waals surface area contributed by atoms with Gasteiger partial charge in [-0.05, 0) is 24.1 Å². The van der Waals surface area contributed by atoms with Gasteiger partial charge in [-0.1, -0.05) is 42.5 Å². The van der Waals surface area contributed by atoms with Gasteiger partial charge in [-0.25, -0.2) is 4.98 Å². The Kier molecular flexibility index (Phi) is 3.78. The van der Waals surface area contributed by atoms with Gasteiger partial charge in [-0.2, -0.15) is 0 Å². The molecular formula is C16H16N2OS. The fourth-order valence-corrected chi connectivity index (χ4v) is 3.23. The van der Waals surface area contributed by atoms with E-state index in [9.17, 15) is 5.11 Å². The van der Waals surface area contributed by atoms with Crippen molar-refractivity contribution in [2.24, 2.45) is 5.73 Å². The molecule has 1 heterocycles. The largest absolute Gasteiger partial charge is 0.384 e. The molecule has 3 nitrogen and oxygen atoms in total. The maximum Gasteiger partial charge on any atom is 0.124 e. The van der Waals surface area contributed by atoms with Crippen molar-refractivity contribution in [3.05, 3.63) is 65.2 Å². The molecular weight excluding hydrogens is 268 g/mol. The van der Waals surface area contributed by atoms with Crippen molar-refractivity contribution in [1.82, 2.24) is 4.98 Å². The van der Waals surface area contributed by atoms with Crippen LogP contribution in [0.2, 0.25) is 0 Å². The maximum atomic E-state index is 10.4. The molecule has 0 aliphatic rings. The van der Waals surface area contributed by atoms with Crippen LogP contribution in [0.4, 0.5) is 0 Å². The summed E-state index contributed by atoms with van der Waals surface area (Å²) in [5.74, 6) is 0. The van der Waals surface area contributed by atoms with Crippen molar-refractivity contribution in [3.8, 4) is 0 Å². The number of aliphatic hydroxyl groups excluding tert-OH is 1. The minimum absolute atomic E-state index is 0.349. The van der Waals surface area contributed by atoms with Crippen LogP contribution in [0.3, 0.4) is 0 Å². The molecule has 3 N–H and O–H groups in total. The smallest absolute Gasteiger partial charge is 0.124 e. The summed E-state index contributed by atoms with van der Waals surface area (Å²) in [5.41, 5.74) is 8.16. The van der Waals surface area contributed by atoms with Gasteiger partial charge in [0.2, 0.25) is 0 Å². The number of rotatable bonds is 4. The number of hydrogen-bond donors (Lipinski definition) is 2. The Bertz CT molecular complexity index is 663. The standard InChI is InChI=1S/C16H16N2OS/c17-12(10-11-6-2-1-3-7-11)15(19)16-18-13-8-4-5-9-14(13)20-16/h1-9,12,15,19H,10,17H2. The number of benzene rings is 2. The van der Waals surface area contributed by atoms with Gasteiger partial charge in [0.15, 0.2) is 0 Å². The van der Waals surface area contributed by atoms with E-state index in [0.29, 0.717) is 11.4 Å². The van der Waals surface area contributed by atoms with Crippen LogP contribution in [0.5, 0.6) is 0 Å².